The number of H-pyrrole nitrogens is 1. The standard InChI is InChI=1S/C31H33FN6O2/c1-3-29(30-34-35-36-38(30)17-16-22-8-6-5-7-9-22)37(20-23-10-12-26(32)13-11-23)21-25-18-24-19-27(40-4-2)14-15-28(24)33-31(25)39/h5-15,18-19,29H,3-4,16-17,20-21H2,1-2H3,(H,33,39)/t29-/m1/s1. The van der Waals surface area contributed by atoms with Gasteiger partial charge in [0, 0.05) is 36.1 Å². The van der Waals surface area contributed by atoms with Crippen LogP contribution in [0, 0.1) is 5.82 Å². The molecule has 2 heterocycles. The lowest BCUT2D eigenvalue weighted by Crippen LogP contribution is -2.32. The van der Waals surface area contributed by atoms with Gasteiger partial charge in [-0.05, 0) is 77.7 Å². The van der Waals surface area contributed by atoms with Gasteiger partial charge in [-0.1, -0.05) is 49.4 Å². The van der Waals surface area contributed by atoms with Crippen LogP contribution in [0.3, 0.4) is 0 Å². The number of ether oxygens (including phenoxy) is 1. The molecule has 5 rings (SSSR count). The first-order valence-electron chi connectivity index (χ1n) is 13.6. The van der Waals surface area contributed by atoms with Crippen molar-refractivity contribution in [2.45, 2.75) is 52.4 Å². The number of nitrogens with zero attached hydrogens (tertiary/aromatic N) is 5. The summed E-state index contributed by atoms with van der Waals surface area (Å²) in [5, 5.41) is 13.6. The molecule has 3 aromatic carbocycles. The van der Waals surface area contributed by atoms with Crippen LogP contribution >= 0.6 is 0 Å². The van der Waals surface area contributed by atoms with Crippen molar-refractivity contribution in [3.8, 4) is 5.75 Å². The van der Waals surface area contributed by atoms with Crippen LogP contribution in [0.1, 0.15) is 48.8 Å². The van der Waals surface area contributed by atoms with Gasteiger partial charge in [0.2, 0.25) is 0 Å². The molecule has 0 aliphatic carbocycles. The van der Waals surface area contributed by atoms with E-state index >= 15 is 0 Å². The second-order valence-electron chi connectivity index (χ2n) is 9.76. The van der Waals surface area contributed by atoms with Gasteiger partial charge in [-0.25, -0.2) is 9.07 Å². The molecule has 9 heteroatoms. The number of aromatic amines is 1. The number of nitrogens with one attached hydrogen (secondary N) is 1. The molecule has 40 heavy (non-hydrogen) atoms. The predicted molar refractivity (Wildman–Crippen MR) is 152 cm³/mol. The maximum atomic E-state index is 13.7. The third-order valence-corrected chi connectivity index (χ3v) is 7.02. The maximum absolute atomic E-state index is 13.7. The number of halogens is 1. The summed E-state index contributed by atoms with van der Waals surface area (Å²) in [7, 11) is 0. The van der Waals surface area contributed by atoms with E-state index in [2.05, 4.69) is 44.5 Å². The molecule has 0 aliphatic rings. The quantitative estimate of drug-likeness (QED) is 0.226. The van der Waals surface area contributed by atoms with Crippen molar-refractivity contribution in [3.63, 3.8) is 0 Å². The second-order valence-corrected chi connectivity index (χ2v) is 9.76. The lowest BCUT2D eigenvalue weighted by Gasteiger charge is -2.30. The van der Waals surface area contributed by atoms with Gasteiger partial charge in [0.1, 0.15) is 11.6 Å². The molecule has 0 unspecified atom stereocenters. The van der Waals surface area contributed by atoms with E-state index in [9.17, 15) is 9.18 Å². The van der Waals surface area contributed by atoms with Crippen LogP contribution in [0.15, 0.2) is 83.7 Å². The van der Waals surface area contributed by atoms with Crippen LogP contribution in [-0.4, -0.2) is 36.7 Å². The SMILES string of the molecule is CCOc1ccc2[nH]c(=O)c(CN(Cc3ccc(F)cc3)[C@H](CC)c3nnnn3CCc3ccccc3)cc2c1. The van der Waals surface area contributed by atoms with Gasteiger partial charge >= 0.3 is 0 Å². The molecular weight excluding hydrogens is 507 g/mol. The zero-order valence-electron chi connectivity index (χ0n) is 22.8. The number of aromatic nitrogens is 5. The Kier molecular flexibility index (Phi) is 8.61. The van der Waals surface area contributed by atoms with Crippen LogP contribution < -0.4 is 10.3 Å². The minimum atomic E-state index is -0.289. The van der Waals surface area contributed by atoms with Crippen LogP contribution in [0.2, 0.25) is 0 Å². The molecule has 1 atom stereocenters. The van der Waals surface area contributed by atoms with Gasteiger partial charge in [-0.3, -0.25) is 9.69 Å². The smallest absolute Gasteiger partial charge is 0.252 e. The molecule has 0 saturated heterocycles. The van der Waals surface area contributed by atoms with E-state index in [1.54, 1.807) is 12.1 Å². The normalized spacial score (nSPS) is 12.2. The van der Waals surface area contributed by atoms with Gasteiger partial charge in [0.05, 0.1) is 12.6 Å². The zero-order valence-corrected chi connectivity index (χ0v) is 22.8. The molecule has 0 bridgehead atoms. The molecule has 2 aromatic heterocycles. The van der Waals surface area contributed by atoms with E-state index in [0.717, 1.165) is 34.5 Å². The Morgan fingerprint density at radius 2 is 1.77 bits per heavy atom. The van der Waals surface area contributed by atoms with E-state index in [-0.39, 0.29) is 17.4 Å². The molecule has 0 fully saturated rings. The minimum Gasteiger partial charge on any atom is -0.494 e. The van der Waals surface area contributed by atoms with Crippen molar-refractivity contribution < 1.29 is 9.13 Å². The first-order valence-corrected chi connectivity index (χ1v) is 13.6. The third-order valence-electron chi connectivity index (χ3n) is 7.02. The summed E-state index contributed by atoms with van der Waals surface area (Å²) in [6.07, 6.45) is 1.51. The average Bonchev–Trinajstić information content (AvgIpc) is 3.43. The number of hydrogen-bond acceptors (Lipinski definition) is 6. The van der Waals surface area contributed by atoms with E-state index in [1.807, 2.05) is 54.1 Å². The highest BCUT2D eigenvalue weighted by Gasteiger charge is 2.26. The topological polar surface area (TPSA) is 88.9 Å². The fraction of sp³-hybridized carbons (Fsp3) is 0.290. The summed E-state index contributed by atoms with van der Waals surface area (Å²) < 4.78 is 21.2. The number of aryl methyl sites for hydroxylation is 2. The average molecular weight is 541 g/mol. The minimum absolute atomic E-state index is 0.153. The lowest BCUT2D eigenvalue weighted by atomic mass is 10.1. The van der Waals surface area contributed by atoms with Crippen LogP contribution in [0.25, 0.3) is 10.9 Å². The summed E-state index contributed by atoms with van der Waals surface area (Å²) in [5.74, 6) is 1.19. The number of pyridine rings is 1. The van der Waals surface area contributed by atoms with Crippen LogP contribution in [-0.2, 0) is 26.1 Å². The first kappa shape index (κ1) is 27.2. The maximum Gasteiger partial charge on any atom is 0.252 e. The molecule has 0 radical (unpaired) electrons. The van der Waals surface area contributed by atoms with E-state index in [0.29, 0.717) is 38.2 Å². The number of benzene rings is 3. The van der Waals surface area contributed by atoms with Crippen LogP contribution in [0.4, 0.5) is 4.39 Å². The number of fused-ring (bicyclic) bond motifs is 1. The van der Waals surface area contributed by atoms with Crippen molar-refractivity contribution in [2.75, 3.05) is 6.61 Å². The van der Waals surface area contributed by atoms with Gasteiger partial charge in [0.25, 0.3) is 5.56 Å². The van der Waals surface area contributed by atoms with Crippen molar-refractivity contribution >= 4 is 10.9 Å². The third kappa shape index (κ3) is 6.43. The number of tetrazole rings is 1. The van der Waals surface area contributed by atoms with Gasteiger partial charge in [0.15, 0.2) is 5.82 Å². The Hall–Kier alpha value is -4.37. The Bertz CT molecular complexity index is 1600. The molecule has 5 aromatic rings. The van der Waals surface area contributed by atoms with Gasteiger partial charge < -0.3 is 9.72 Å². The summed E-state index contributed by atoms with van der Waals surface area (Å²) in [6, 6.07) is 24.0. The number of hydrogen-bond donors (Lipinski definition) is 1. The van der Waals surface area contributed by atoms with E-state index in [4.69, 9.17) is 4.74 Å². The summed E-state index contributed by atoms with van der Waals surface area (Å²) in [5.41, 5.74) is 3.34. The van der Waals surface area contributed by atoms with Crippen molar-refractivity contribution in [2.24, 2.45) is 0 Å². The molecule has 206 valence electrons. The zero-order chi connectivity index (χ0) is 27.9. The first-order chi connectivity index (χ1) is 19.5. The molecular formula is C31H33FN6O2. The predicted octanol–water partition coefficient (Wildman–Crippen LogP) is 5.45. The highest BCUT2D eigenvalue weighted by molar-refractivity contribution is 5.80. The highest BCUT2D eigenvalue weighted by atomic mass is 19.1. The summed E-state index contributed by atoms with van der Waals surface area (Å²) in [6.45, 7) is 6.05. The van der Waals surface area contributed by atoms with Gasteiger partial charge in [-0.2, -0.15) is 0 Å². The van der Waals surface area contributed by atoms with Crippen molar-refractivity contribution in [1.29, 1.82) is 0 Å². The number of rotatable bonds is 12. The summed E-state index contributed by atoms with van der Waals surface area (Å²) >= 11 is 0. The fourth-order valence-electron chi connectivity index (χ4n) is 5.02. The highest BCUT2D eigenvalue weighted by Crippen LogP contribution is 2.27. The Morgan fingerprint density at radius 1 is 0.975 bits per heavy atom. The molecule has 0 amide bonds. The Balaban J connectivity index is 1.48. The lowest BCUT2D eigenvalue weighted by molar-refractivity contribution is 0.160. The van der Waals surface area contributed by atoms with Gasteiger partial charge in [-0.15, -0.1) is 5.10 Å². The molecule has 0 saturated carbocycles. The van der Waals surface area contributed by atoms with E-state index in [1.165, 1.54) is 17.7 Å². The van der Waals surface area contributed by atoms with Crippen molar-refractivity contribution in [1.82, 2.24) is 30.1 Å². The molecule has 0 aliphatic heterocycles. The second kappa shape index (κ2) is 12.7. The molecule has 1 N–H and O–H groups in total. The Morgan fingerprint density at radius 3 is 2.52 bits per heavy atom. The Labute approximate surface area is 232 Å². The van der Waals surface area contributed by atoms with Crippen LogP contribution in [0.5, 0.6) is 5.75 Å². The monoisotopic (exact) mass is 540 g/mol. The fourth-order valence-corrected chi connectivity index (χ4v) is 5.02. The largest absolute Gasteiger partial charge is 0.494 e. The molecule has 8 nitrogen and oxygen atoms in total. The van der Waals surface area contributed by atoms with E-state index < -0.39 is 0 Å². The molecule has 0 spiro atoms. The summed E-state index contributed by atoms with van der Waals surface area (Å²) in [4.78, 5) is 18.4. The van der Waals surface area contributed by atoms with Crippen molar-refractivity contribution in [3.05, 3.63) is 118 Å².